The van der Waals surface area contributed by atoms with E-state index in [1.165, 1.54) is 22.7 Å². The highest BCUT2D eigenvalue weighted by molar-refractivity contribution is 7.99. The van der Waals surface area contributed by atoms with Gasteiger partial charge >= 0.3 is 0 Å². The van der Waals surface area contributed by atoms with Crippen LogP contribution in [0.15, 0.2) is 60.7 Å². The van der Waals surface area contributed by atoms with Gasteiger partial charge in [0.1, 0.15) is 10.0 Å². The SMILES string of the molecule is C=C(/C=C\C=C/CCO)C(=O)Nc1nnc(CCSCCc2nnc(NC(=O)c3ccccc3CO)s2)s1. The van der Waals surface area contributed by atoms with Gasteiger partial charge in [-0.05, 0) is 29.6 Å². The minimum Gasteiger partial charge on any atom is -0.396 e. The van der Waals surface area contributed by atoms with Gasteiger partial charge in [0.15, 0.2) is 0 Å². The maximum Gasteiger partial charge on any atom is 0.257 e. The monoisotopic (exact) mass is 572 g/mol. The van der Waals surface area contributed by atoms with Gasteiger partial charge in [-0.25, -0.2) is 0 Å². The molecule has 0 spiro atoms. The molecular formula is C25H28N6O4S3. The van der Waals surface area contributed by atoms with E-state index in [4.69, 9.17) is 5.11 Å². The molecule has 3 rings (SSSR count). The number of amides is 2. The first-order valence-electron chi connectivity index (χ1n) is 11.7. The van der Waals surface area contributed by atoms with Crippen molar-refractivity contribution in [2.24, 2.45) is 0 Å². The lowest BCUT2D eigenvalue weighted by Gasteiger charge is -2.05. The Bertz CT molecular complexity index is 1290. The number of thioether (sulfide) groups is 1. The highest BCUT2D eigenvalue weighted by atomic mass is 32.2. The van der Waals surface area contributed by atoms with E-state index >= 15 is 0 Å². The number of nitrogens with one attached hydrogen (secondary N) is 2. The van der Waals surface area contributed by atoms with Gasteiger partial charge in [0, 0.05) is 30.6 Å². The summed E-state index contributed by atoms with van der Waals surface area (Å²) in [5.74, 6) is 0.987. The van der Waals surface area contributed by atoms with Gasteiger partial charge < -0.3 is 10.2 Å². The van der Waals surface area contributed by atoms with Gasteiger partial charge in [0.25, 0.3) is 11.8 Å². The van der Waals surface area contributed by atoms with E-state index in [1.807, 2.05) is 0 Å². The average molecular weight is 573 g/mol. The highest BCUT2D eigenvalue weighted by Crippen LogP contribution is 2.21. The van der Waals surface area contributed by atoms with E-state index in [-0.39, 0.29) is 25.0 Å². The molecule has 2 heterocycles. The zero-order valence-electron chi connectivity index (χ0n) is 20.5. The molecule has 10 nitrogen and oxygen atoms in total. The van der Waals surface area contributed by atoms with Gasteiger partial charge in [0.2, 0.25) is 10.3 Å². The third-order valence-corrected chi connectivity index (χ3v) is 7.64. The summed E-state index contributed by atoms with van der Waals surface area (Å²) >= 11 is 4.39. The lowest BCUT2D eigenvalue weighted by molar-refractivity contribution is -0.112. The third kappa shape index (κ3) is 9.58. The molecule has 0 saturated heterocycles. The second-order valence-corrected chi connectivity index (χ2v) is 11.0. The molecule has 4 N–H and O–H groups in total. The lowest BCUT2D eigenvalue weighted by Crippen LogP contribution is -2.14. The van der Waals surface area contributed by atoms with E-state index in [0.717, 1.165) is 27.9 Å². The van der Waals surface area contributed by atoms with Gasteiger partial charge in [-0.1, -0.05) is 71.8 Å². The normalized spacial score (nSPS) is 11.3. The first kappa shape index (κ1) is 29.3. The second-order valence-electron chi connectivity index (χ2n) is 7.66. The Morgan fingerprint density at radius 1 is 0.947 bits per heavy atom. The Hall–Kier alpha value is -3.23. The van der Waals surface area contributed by atoms with Gasteiger partial charge in [-0.2, -0.15) is 11.8 Å². The molecular weight excluding hydrogens is 545 g/mol. The molecule has 0 aliphatic carbocycles. The number of carbonyl (C=O) groups is 2. The fourth-order valence-electron chi connectivity index (χ4n) is 2.95. The average Bonchev–Trinajstić information content (AvgIpc) is 3.57. The minimum absolute atomic E-state index is 0.0815. The van der Waals surface area contributed by atoms with E-state index in [1.54, 1.807) is 60.3 Å². The molecule has 2 amide bonds. The van der Waals surface area contributed by atoms with Gasteiger partial charge in [-0.3, -0.25) is 20.2 Å². The van der Waals surface area contributed by atoms with Crippen LogP contribution in [-0.2, 0) is 24.2 Å². The smallest absolute Gasteiger partial charge is 0.257 e. The minimum atomic E-state index is -0.348. The van der Waals surface area contributed by atoms with Crippen molar-refractivity contribution >= 4 is 56.5 Å². The van der Waals surface area contributed by atoms with Crippen molar-refractivity contribution in [1.82, 2.24) is 20.4 Å². The molecule has 0 aliphatic heterocycles. The van der Waals surface area contributed by atoms with Crippen molar-refractivity contribution in [3.05, 3.63) is 81.9 Å². The van der Waals surface area contributed by atoms with Crippen LogP contribution in [-0.4, -0.2) is 60.5 Å². The van der Waals surface area contributed by atoms with Crippen molar-refractivity contribution < 1.29 is 19.8 Å². The Morgan fingerprint density at radius 3 is 2.26 bits per heavy atom. The number of allylic oxidation sites excluding steroid dienone is 2. The number of aliphatic hydroxyl groups excluding tert-OH is 2. The summed E-state index contributed by atoms with van der Waals surface area (Å²) in [6.07, 6.45) is 8.81. The topological polar surface area (TPSA) is 150 Å². The van der Waals surface area contributed by atoms with Crippen LogP contribution < -0.4 is 10.6 Å². The Morgan fingerprint density at radius 2 is 1.61 bits per heavy atom. The summed E-state index contributed by atoms with van der Waals surface area (Å²) in [7, 11) is 0. The first-order chi connectivity index (χ1) is 18.5. The predicted molar refractivity (Wildman–Crippen MR) is 153 cm³/mol. The molecule has 0 aliphatic rings. The zero-order chi connectivity index (χ0) is 27.2. The molecule has 0 atom stereocenters. The quantitative estimate of drug-likeness (QED) is 0.122. The zero-order valence-corrected chi connectivity index (χ0v) is 22.9. The number of aliphatic hydroxyl groups is 2. The van der Waals surface area contributed by atoms with Crippen molar-refractivity contribution in [2.75, 3.05) is 28.7 Å². The second kappa shape index (κ2) is 15.9. The maximum atomic E-state index is 12.5. The number of nitrogens with zero attached hydrogens (tertiary/aromatic N) is 4. The fraction of sp³-hybridized carbons (Fsp3) is 0.280. The van der Waals surface area contributed by atoms with E-state index in [2.05, 4.69) is 37.6 Å². The maximum absolute atomic E-state index is 12.5. The molecule has 0 bridgehead atoms. The van der Waals surface area contributed by atoms with E-state index < -0.39 is 0 Å². The summed E-state index contributed by atoms with van der Waals surface area (Å²) < 4.78 is 0. The van der Waals surface area contributed by atoms with Crippen LogP contribution >= 0.6 is 34.4 Å². The standard InChI is InChI=1S/C25H28N6O4S3/c1-17(8-4-2-3-7-13-32)22(34)26-24-30-28-20(37-24)11-14-36-15-12-21-29-31-25(38-21)27-23(35)19-10-6-5-9-18(19)16-33/h2-6,8-10,32-33H,1,7,11-16H2,(H,26,30,34)(H,27,31,35)/b3-2-,8-4-. The number of aryl methyl sites for hydroxylation is 2. The van der Waals surface area contributed by atoms with E-state index in [9.17, 15) is 14.7 Å². The number of rotatable bonds is 15. The summed E-state index contributed by atoms with van der Waals surface area (Å²) in [5.41, 5.74) is 1.25. The summed E-state index contributed by atoms with van der Waals surface area (Å²) in [4.78, 5) is 24.7. The molecule has 0 saturated carbocycles. The summed E-state index contributed by atoms with van der Waals surface area (Å²) in [6, 6.07) is 6.87. The van der Waals surface area contributed by atoms with Crippen LogP contribution in [0.4, 0.5) is 10.3 Å². The molecule has 1 aromatic carbocycles. The Labute approximate surface area is 232 Å². The van der Waals surface area contributed by atoms with Crippen molar-refractivity contribution in [1.29, 1.82) is 0 Å². The van der Waals surface area contributed by atoms with Gasteiger partial charge in [-0.15, -0.1) is 20.4 Å². The van der Waals surface area contributed by atoms with Crippen LogP contribution in [0.2, 0.25) is 0 Å². The molecule has 0 unspecified atom stereocenters. The highest BCUT2D eigenvalue weighted by Gasteiger charge is 2.14. The van der Waals surface area contributed by atoms with Crippen LogP contribution in [0.3, 0.4) is 0 Å². The Kier molecular flexibility index (Phi) is 12.3. The predicted octanol–water partition coefficient (Wildman–Crippen LogP) is 3.64. The molecule has 0 radical (unpaired) electrons. The third-order valence-electron chi connectivity index (χ3n) is 4.86. The van der Waals surface area contributed by atoms with Crippen LogP contribution in [0.5, 0.6) is 0 Å². The first-order valence-corrected chi connectivity index (χ1v) is 14.5. The number of aromatic nitrogens is 4. The molecule has 200 valence electrons. The van der Waals surface area contributed by atoms with Crippen LogP contribution in [0.25, 0.3) is 0 Å². The molecule has 2 aromatic heterocycles. The fourth-order valence-corrected chi connectivity index (χ4v) is 5.56. The molecule has 0 fully saturated rings. The molecule has 38 heavy (non-hydrogen) atoms. The number of carbonyl (C=O) groups excluding carboxylic acids is 2. The van der Waals surface area contributed by atoms with Crippen molar-refractivity contribution in [2.45, 2.75) is 25.9 Å². The largest absolute Gasteiger partial charge is 0.396 e. The lowest BCUT2D eigenvalue weighted by atomic mass is 10.1. The number of hydrogen-bond donors (Lipinski definition) is 4. The van der Waals surface area contributed by atoms with Gasteiger partial charge in [0.05, 0.1) is 6.61 Å². The van der Waals surface area contributed by atoms with Crippen LogP contribution in [0.1, 0.15) is 32.4 Å². The number of benzene rings is 1. The molecule has 13 heteroatoms. The summed E-state index contributed by atoms with van der Waals surface area (Å²) in [5, 5.41) is 42.4. The molecule has 3 aromatic rings. The number of hydrogen-bond acceptors (Lipinski definition) is 11. The Balaban J connectivity index is 1.35. The van der Waals surface area contributed by atoms with Crippen molar-refractivity contribution in [3.8, 4) is 0 Å². The van der Waals surface area contributed by atoms with Crippen molar-refractivity contribution in [3.63, 3.8) is 0 Å². The van der Waals surface area contributed by atoms with Crippen LogP contribution in [0, 0.1) is 0 Å². The summed E-state index contributed by atoms with van der Waals surface area (Å²) in [6.45, 7) is 3.61. The number of anilines is 2. The van der Waals surface area contributed by atoms with E-state index in [0.29, 0.717) is 39.8 Å².